The number of benzene rings is 1. The number of halogens is 1. The lowest BCUT2D eigenvalue weighted by atomic mass is 9.96. The van der Waals surface area contributed by atoms with E-state index in [1.54, 1.807) is 12.1 Å². The molecule has 2 bridgehead atoms. The highest BCUT2D eigenvalue weighted by molar-refractivity contribution is 7.94. The minimum atomic E-state index is -0.664. The van der Waals surface area contributed by atoms with Crippen LogP contribution in [0.3, 0.4) is 0 Å². The number of nitrogens with one attached hydrogen (secondary N) is 1. The third-order valence-electron chi connectivity index (χ3n) is 6.08. The van der Waals surface area contributed by atoms with Gasteiger partial charge in [0.2, 0.25) is 0 Å². The van der Waals surface area contributed by atoms with Crippen LogP contribution in [0.1, 0.15) is 18.4 Å². The number of carbonyl (C=O) groups excluding carboxylic acids is 1. The monoisotopic (exact) mass is 409 g/mol. The molecule has 9 heteroatoms. The lowest BCUT2D eigenvalue weighted by molar-refractivity contribution is -0.141. The predicted octanol–water partition coefficient (Wildman–Crippen LogP) is 1.16. The minimum Gasteiger partial charge on any atom is -0.302 e. The van der Waals surface area contributed by atoms with Gasteiger partial charge in [-0.2, -0.15) is 0 Å². The van der Waals surface area contributed by atoms with E-state index >= 15 is 0 Å². The van der Waals surface area contributed by atoms with Crippen molar-refractivity contribution in [3.05, 3.63) is 35.6 Å². The molecule has 0 saturated carbocycles. The summed E-state index contributed by atoms with van der Waals surface area (Å²) in [5, 5.41) is 9.31. The maximum atomic E-state index is 13.1. The molecule has 3 aliphatic heterocycles. The summed E-state index contributed by atoms with van der Waals surface area (Å²) in [6.45, 7) is 6.08. The Balaban J connectivity index is 1.35. The Kier molecular flexibility index (Phi) is 5.91. The molecule has 0 aromatic heterocycles. The fraction of sp³-hybridized carbons (Fsp3) is 0.632. The van der Waals surface area contributed by atoms with E-state index < -0.39 is 5.54 Å². The van der Waals surface area contributed by atoms with Gasteiger partial charge in [-0.05, 0) is 37.6 Å². The summed E-state index contributed by atoms with van der Waals surface area (Å²) in [7, 11) is 2.04. The average Bonchev–Trinajstić information content (AvgIpc) is 2.91. The van der Waals surface area contributed by atoms with Gasteiger partial charge in [0, 0.05) is 64.0 Å². The Morgan fingerprint density at radius 1 is 1.29 bits per heavy atom. The van der Waals surface area contributed by atoms with Crippen LogP contribution in [-0.2, 0) is 11.3 Å². The van der Waals surface area contributed by atoms with Crippen LogP contribution >= 0.6 is 12.1 Å². The van der Waals surface area contributed by atoms with Crippen molar-refractivity contribution in [2.45, 2.75) is 31.0 Å². The van der Waals surface area contributed by atoms with Crippen molar-refractivity contribution >= 4 is 18.0 Å². The van der Waals surface area contributed by atoms with Gasteiger partial charge in [0.05, 0.1) is 0 Å². The van der Waals surface area contributed by atoms with Crippen molar-refractivity contribution in [2.75, 3.05) is 46.3 Å². The van der Waals surface area contributed by atoms with E-state index in [9.17, 15) is 14.4 Å². The number of hydrogen-bond acceptors (Lipinski definition) is 7. The van der Waals surface area contributed by atoms with Crippen molar-refractivity contribution in [3.8, 4) is 0 Å². The molecule has 1 aromatic carbocycles. The second kappa shape index (κ2) is 8.25. The molecule has 28 heavy (non-hydrogen) atoms. The van der Waals surface area contributed by atoms with E-state index in [0.29, 0.717) is 12.6 Å². The number of hydrogen-bond donors (Lipinski definition) is 2. The van der Waals surface area contributed by atoms with Gasteiger partial charge in [0.1, 0.15) is 11.4 Å². The second-order valence-electron chi connectivity index (χ2n) is 8.10. The van der Waals surface area contributed by atoms with Crippen molar-refractivity contribution < 1.29 is 14.4 Å². The van der Waals surface area contributed by atoms with Crippen molar-refractivity contribution in [1.82, 2.24) is 23.9 Å². The minimum absolute atomic E-state index is 0.201. The Hall–Kier alpha value is -1.23. The Morgan fingerprint density at radius 3 is 2.68 bits per heavy atom. The molecule has 2 unspecified atom stereocenters. The molecule has 0 radical (unpaired) electrons. The first-order chi connectivity index (χ1) is 13.5. The molecule has 2 atom stereocenters. The SMILES string of the molecule is CN1CC2CCC(C(=O)NO)(C1)N2SN1CCN(Cc2ccc(F)cc2)CC1. The van der Waals surface area contributed by atoms with Crippen LogP contribution in [0.25, 0.3) is 0 Å². The van der Waals surface area contributed by atoms with Gasteiger partial charge in [-0.15, -0.1) is 0 Å². The topological polar surface area (TPSA) is 62.3 Å². The third kappa shape index (κ3) is 3.92. The summed E-state index contributed by atoms with van der Waals surface area (Å²) in [4.78, 5) is 17.1. The molecule has 4 rings (SSSR count). The molecule has 3 heterocycles. The lowest BCUT2D eigenvalue weighted by Gasteiger charge is -2.47. The molecule has 7 nitrogen and oxygen atoms in total. The van der Waals surface area contributed by atoms with Crippen LogP contribution in [0.15, 0.2) is 24.3 Å². The first-order valence-electron chi connectivity index (χ1n) is 9.82. The van der Waals surface area contributed by atoms with Crippen LogP contribution in [0.2, 0.25) is 0 Å². The van der Waals surface area contributed by atoms with Crippen LogP contribution in [0.5, 0.6) is 0 Å². The van der Waals surface area contributed by atoms with Crippen LogP contribution in [-0.4, -0.2) is 87.4 Å². The summed E-state index contributed by atoms with van der Waals surface area (Å²) >= 11 is 1.67. The quantitative estimate of drug-likeness (QED) is 0.430. The Bertz CT molecular complexity index is 700. The smallest absolute Gasteiger partial charge is 0.266 e. The Labute approximate surface area is 169 Å². The average molecular weight is 410 g/mol. The van der Waals surface area contributed by atoms with E-state index in [-0.39, 0.29) is 11.7 Å². The molecule has 3 fully saturated rings. The van der Waals surface area contributed by atoms with Gasteiger partial charge in [0.15, 0.2) is 0 Å². The van der Waals surface area contributed by atoms with Gasteiger partial charge in [-0.3, -0.25) is 14.9 Å². The standard InChI is InChI=1S/C19H28FN5O2S/c1-22-13-17-6-7-19(14-22,18(26)21-27)25(17)28-24-10-8-23(9-11-24)12-15-2-4-16(20)5-3-15/h2-5,17,27H,6-14H2,1H3,(H,21,26). The highest BCUT2D eigenvalue weighted by Gasteiger charge is 2.56. The van der Waals surface area contributed by atoms with Crippen LogP contribution in [0.4, 0.5) is 4.39 Å². The number of likely N-dealkylation sites (tertiary alicyclic amines) is 1. The summed E-state index contributed by atoms with van der Waals surface area (Å²) in [6.07, 6.45) is 1.74. The van der Waals surface area contributed by atoms with Gasteiger partial charge in [-0.1, -0.05) is 12.1 Å². The first-order valence-corrected chi connectivity index (χ1v) is 10.6. The number of amides is 1. The normalized spacial score (nSPS) is 29.9. The number of carbonyl (C=O) groups is 1. The third-order valence-corrected chi connectivity index (χ3v) is 7.50. The highest BCUT2D eigenvalue weighted by Crippen LogP contribution is 2.44. The zero-order chi connectivity index (χ0) is 19.7. The van der Waals surface area contributed by atoms with E-state index in [2.05, 4.69) is 18.4 Å². The second-order valence-corrected chi connectivity index (χ2v) is 9.17. The van der Waals surface area contributed by atoms with Crippen molar-refractivity contribution in [3.63, 3.8) is 0 Å². The molecule has 1 amide bonds. The lowest BCUT2D eigenvalue weighted by Crippen LogP contribution is -2.65. The number of nitrogens with zero attached hydrogens (tertiary/aromatic N) is 4. The summed E-state index contributed by atoms with van der Waals surface area (Å²) < 4.78 is 17.6. The van der Waals surface area contributed by atoms with Gasteiger partial charge in [-0.25, -0.2) is 18.5 Å². The van der Waals surface area contributed by atoms with Gasteiger partial charge < -0.3 is 4.90 Å². The molecule has 0 spiro atoms. The van der Waals surface area contributed by atoms with Gasteiger partial charge >= 0.3 is 0 Å². The number of rotatable bonds is 5. The summed E-state index contributed by atoms with van der Waals surface area (Å²) in [5.41, 5.74) is 2.36. The zero-order valence-corrected chi connectivity index (χ0v) is 17.0. The van der Waals surface area contributed by atoms with Crippen molar-refractivity contribution in [1.29, 1.82) is 0 Å². The predicted molar refractivity (Wildman–Crippen MR) is 106 cm³/mol. The van der Waals surface area contributed by atoms with Gasteiger partial charge in [0.25, 0.3) is 5.91 Å². The van der Waals surface area contributed by atoms with E-state index in [0.717, 1.165) is 57.7 Å². The Morgan fingerprint density at radius 2 is 2.00 bits per heavy atom. The van der Waals surface area contributed by atoms with Crippen molar-refractivity contribution in [2.24, 2.45) is 0 Å². The molecule has 0 aliphatic carbocycles. The molecule has 154 valence electrons. The summed E-state index contributed by atoms with van der Waals surface area (Å²) in [6, 6.07) is 7.02. The molecular formula is C19H28FN5O2S. The molecule has 1 aromatic rings. The summed E-state index contributed by atoms with van der Waals surface area (Å²) in [5.74, 6) is -0.503. The molecule has 3 saturated heterocycles. The van der Waals surface area contributed by atoms with Crippen LogP contribution in [0, 0.1) is 5.82 Å². The van der Waals surface area contributed by atoms with E-state index in [4.69, 9.17) is 0 Å². The highest BCUT2D eigenvalue weighted by atomic mass is 32.2. The largest absolute Gasteiger partial charge is 0.302 e. The fourth-order valence-electron chi connectivity index (χ4n) is 4.64. The zero-order valence-electron chi connectivity index (χ0n) is 16.2. The number of hydroxylamine groups is 1. The number of piperazine rings is 2. The first kappa shape index (κ1) is 20.1. The maximum absolute atomic E-state index is 13.1. The number of likely N-dealkylation sites (N-methyl/N-ethyl adjacent to an activating group) is 1. The van der Waals surface area contributed by atoms with E-state index in [1.165, 1.54) is 12.1 Å². The molecule has 3 aliphatic rings. The molecular weight excluding hydrogens is 381 g/mol. The fourth-order valence-corrected chi connectivity index (χ4v) is 5.91. The van der Waals surface area contributed by atoms with Crippen LogP contribution < -0.4 is 5.48 Å². The molecule has 2 N–H and O–H groups in total. The maximum Gasteiger partial charge on any atom is 0.266 e. The van der Waals surface area contributed by atoms with E-state index in [1.807, 2.05) is 24.7 Å². The number of fused-ring (bicyclic) bond motifs is 2.